The number of benzene rings is 2. The summed E-state index contributed by atoms with van der Waals surface area (Å²) in [6, 6.07) is 20.3. The summed E-state index contributed by atoms with van der Waals surface area (Å²) in [4.78, 5) is 16.2. The lowest BCUT2D eigenvalue weighted by Gasteiger charge is -2.11. The first kappa shape index (κ1) is 20.1. The quantitative estimate of drug-likeness (QED) is 0.596. The van der Waals surface area contributed by atoms with Crippen LogP contribution in [-0.2, 0) is 24.2 Å². The van der Waals surface area contributed by atoms with Crippen molar-refractivity contribution in [3.8, 4) is 5.75 Å². The zero-order valence-corrected chi connectivity index (χ0v) is 17.0. The van der Waals surface area contributed by atoms with Gasteiger partial charge in [-0.25, -0.2) is 0 Å². The van der Waals surface area contributed by atoms with Crippen LogP contribution in [0.2, 0.25) is 0 Å². The number of aryl methyl sites for hydroxylation is 2. The highest BCUT2D eigenvalue weighted by atomic mass is 16.5. The van der Waals surface area contributed by atoms with E-state index in [1.807, 2.05) is 36.4 Å². The first-order valence-electron chi connectivity index (χ1n) is 10.5. The minimum absolute atomic E-state index is 0.0543. The van der Waals surface area contributed by atoms with Gasteiger partial charge in [-0.3, -0.25) is 9.78 Å². The summed E-state index contributed by atoms with van der Waals surface area (Å²) in [6.45, 7) is 1.47. The largest absolute Gasteiger partial charge is 0.489 e. The minimum Gasteiger partial charge on any atom is -0.489 e. The van der Waals surface area contributed by atoms with Crippen LogP contribution < -0.4 is 15.4 Å². The van der Waals surface area contributed by atoms with E-state index < -0.39 is 0 Å². The predicted octanol–water partition coefficient (Wildman–Crippen LogP) is 4.14. The molecule has 0 bridgehead atoms. The third-order valence-electron chi connectivity index (χ3n) is 5.38. The Morgan fingerprint density at radius 2 is 1.60 bits per heavy atom. The van der Waals surface area contributed by atoms with E-state index in [1.165, 1.54) is 11.1 Å². The smallest absolute Gasteiger partial charge is 0.241 e. The highest BCUT2D eigenvalue weighted by Gasteiger charge is 2.21. The molecule has 2 heterocycles. The Bertz CT molecular complexity index is 934. The van der Waals surface area contributed by atoms with E-state index >= 15 is 0 Å². The van der Waals surface area contributed by atoms with Crippen molar-refractivity contribution in [3.63, 3.8) is 0 Å². The van der Waals surface area contributed by atoms with Gasteiger partial charge in [-0.15, -0.1) is 0 Å². The molecule has 1 fully saturated rings. The summed E-state index contributed by atoms with van der Waals surface area (Å²) in [5.74, 6) is 0.930. The number of anilines is 1. The van der Waals surface area contributed by atoms with Crippen molar-refractivity contribution in [2.75, 3.05) is 11.9 Å². The lowest BCUT2D eigenvalue weighted by molar-refractivity contribution is -0.117. The summed E-state index contributed by atoms with van der Waals surface area (Å²) in [5, 5.41) is 6.22. The van der Waals surface area contributed by atoms with Crippen LogP contribution in [0.4, 0.5) is 5.69 Å². The molecule has 1 unspecified atom stereocenters. The van der Waals surface area contributed by atoms with Gasteiger partial charge in [-0.05, 0) is 85.3 Å². The highest BCUT2D eigenvalue weighted by Crippen LogP contribution is 2.17. The molecule has 1 aromatic heterocycles. The number of hydrogen-bond acceptors (Lipinski definition) is 4. The zero-order chi connectivity index (χ0) is 20.6. The zero-order valence-electron chi connectivity index (χ0n) is 17.0. The maximum absolute atomic E-state index is 12.2. The maximum Gasteiger partial charge on any atom is 0.241 e. The Hall–Kier alpha value is -3.18. The molecular formula is C25H27N3O2. The molecule has 1 aliphatic heterocycles. The molecule has 1 aliphatic rings. The molecule has 0 radical (unpaired) electrons. The number of carbonyl (C=O) groups is 1. The molecule has 5 nitrogen and oxygen atoms in total. The van der Waals surface area contributed by atoms with Crippen molar-refractivity contribution in [2.24, 2.45) is 0 Å². The third-order valence-corrected chi connectivity index (χ3v) is 5.38. The molecule has 0 spiro atoms. The van der Waals surface area contributed by atoms with Crippen LogP contribution >= 0.6 is 0 Å². The number of nitrogens with one attached hydrogen (secondary N) is 2. The van der Waals surface area contributed by atoms with Crippen molar-refractivity contribution < 1.29 is 9.53 Å². The van der Waals surface area contributed by atoms with Gasteiger partial charge >= 0.3 is 0 Å². The molecule has 0 saturated carbocycles. The van der Waals surface area contributed by atoms with Gasteiger partial charge in [0.1, 0.15) is 12.4 Å². The van der Waals surface area contributed by atoms with E-state index in [0.717, 1.165) is 49.2 Å². The van der Waals surface area contributed by atoms with Gasteiger partial charge in [-0.2, -0.15) is 0 Å². The predicted molar refractivity (Wildman–Crippen MR) is 119 cm³/mol. The molecule has 1 amide bonds. The van der Waals surface area contributed by atoms with Crippen LogP contribution in [0.1, 0.15) is 29.5 Å². The molecule has 1 saturated heterocycles. The van der Waals surface area contributed by atoms with Crippen LogP contribution in [0, 0.1) is 0 Å². The van der Waals surface area contributed by atoms with Gasteiger partial charge < -0.3 is 15.4 Å². The maximum atomic E-state index is 12.2. The molecular weight excluding hydrogens is 374 g/mol. The summed E-state index contributed by atoms with van der Waals surface area (Å²) < 4.78 is 5.82. The van der Waals surface area contributed by atoms with E-state index in [9.17, 15) is 4.79 Å². The fourth-order valence-corrected chi connectivity index (χ4v) is 3.58. The minimum atomic E-state index is -0.0543. The number of aromatic nitrogens is 1. The second kappa shape index (κ2) is 10.0. The average molecular weight is 402 g/mol. The molecule has 2 aromatic carbocycles. The standard InChI is InChI=1S/C25H27N3O2/c29-25(24-2-1-15-27-24)28-22-9-5-19(6-10-22)3-4-20-7-11-23(12-8-20)30-18-21-13-16-26-17-14-21/h5-14,16-17,24,27H,1-4,15,18H2,(H,28,29). The summed E-state index contributed by atoms with van der Waals surface area (Å²) in [6.07, 6.45) is 7.44. The van der Waals surface area contributed by atoms with Crippen LogP contribution in [0.5, 0.6) is 5.75 Å². The molecule has 1 atom stereocenters. The van der Waals surface area contributed by atoms with Crippen LogP contribution in [0.3, 0.4) is 0 Å². The molecule has 0 aliphatic carbocycles. The van der Waals surface area contributed by atoms with E-state index in [2.05, 4.69) is 39.9 Å². The fourth-order valence-electron chi connectivity index (χ4n) is 3.58. The first-order chi connectivity index (χ1) is 14.8. The van der Waals surface area contributed by atoms with Gasteiger partial charge in [0.25, 0.3) is 0 Å². The molecule has 5 heteroatoms. The number of rotatable bonds is 8. The van der Waals surface area contributed by atoms with Gasteiger partial charge in [0.15, 0.2) is 0 Å². The van der Waals surface area contributed by atoms with Crippen molar-refractivity contribution in [2.45, 2.75) is 38.3 Å². The average Bonchev–Trinajstić information content (AvgIpc) is 3.34. The summed E-state index contributed by atoms with van der Waals surface area (Å²) >= 11 is 0. The molecule has 3 aromatic rings. The second-order valence-electron chi connectivity index (χ2n) is 7.62. The van der Waals surface area contributed by atoms with Crippen molar-refractivity contribution in [3.05, 3.63) is 89.7 Å². The number of ether oxygens (including phenoxy) is 1. The molecule has 2 N–H and O–H groups in total. The van der Waals surface area contributed by atoms with Crippen LogP contribution in [0.15, 0.2) is 73.1 Å². The monoisotopic (exact) mass is 401 g/mol. The Balaban J connectivity index is 1.23. The van der Waals surface area contributed by atoms with E-state index in [-0.39, 0.29) is 11.9 Å². The highest BCUT2D eigenvalue weighted by molar-refractivity contribution is 5.95. The van der Waals surface area contributed by atoms with E-state index in [4.69, 9.17) is 4.74 Å². The first-order valence-corrected chi connectivity index (χ1v) is 10.5. The Morgan fingerprint density at radius 1 is 0.933 bits per heavy atom. The van der Waals surface area contributed by atoms with Crippen LogP contribution in [-0.4, -0.2) is 23.5 Å². The Kier molecular flexibility index (Phi) is 6.72. The molecule has 30 heavy (non-hydrogen) atoms. The molecule has 4 rings (SSSR count). The number of pyridine rings is 1. The topological polar surface area (TPSA) is 63.2 Å². The van der Waals surface area contributed by atoms with Gasteiger partial charge in [-0.1, -0.05) is 24.3 Å². The Labute approximate surface area is 177 Å². The molecule has 154 valence electrons. The number of amides is 1. The van der Waals surface area contributed by atoms with Gasteiger partial charge in [0.05, 0.1) is 6.04 Å². The summed E-state index contributed by atoms with van der Waals surface area (Å²) in [5.41, 5.74) is 4.49. The van der Waals surface area contributed by atoms with Gasteiger partial charge in [0.2, 0.25) is 5.91 Å². The van der Waals surface area contributed by atoms with Crippen molar-refractivity contribution in [1.82, 2.24) is 10.3 Å². The SMILES string of the molecule is O=C(Nc1ccc(CCc2ccc(OCc3ccncc3)cc2)cc1)C1CCCN1. The fraction of sp³-hybridized carbons (Fsp3) is 0.280. The summed E-state index contributed by atoms with van der Waals surface area (Å²) in [7, 11) is 0. The van der Waals surface area contributed by atoms with Crippen LogP contribution in [0.25, 0.3) is 0 Å². The third kappa shape index (κ3) is 5.67. The number of hydrogen-bond donors (Lipinski definition) is 2. The lowest BCUT2D eigenvalue weighted by Crippen LogP contribution is -2.35. The Morgan fingerprint density at radius 3 is 2.23 bits per heavy atom. The normalized spacial score (nSPS) is 15.7. The van der Waals surface area contributed by atoms with Crippen molar-refractivity contribution in [1.29, 1.82) is 0 Å². The second-order valence-corrected chi connectivity index (χ2v) is 7.62. The lowest BCUT2D eigenvalue weighted by atomic mass is 10.0. The van der Waals surface area contributed by atoms with E-state index in [0.29, 0.717) is 6.61 Å². The van der Waals surface area contributed by atoms with Crippen molar-refractivity contribution >= 4 is 11.6 Å². The van der Waals surface area contributed by atoms with Gasteiger partial charge in [0, 0.05) is 18.1 Å². The number of nitrogens with zero attached hydrogens (tertiary/aromatic N) is 1. The van der Waals surface area contributed by atoms with E-state index in [1.54, 1.807) is 12.4 Å². The number of carbonyl (C=O) groups excluding carboxylic acids is 1.